The largest absolute Gasteiger partial charge is 0.467 e. The first-order valence-corrected chi connectivity index (χ1v) is 7.58. The molecule has 0 aliphatic rings. The highest BCUT2D eigenvalue weighted by atomic mass is 35.5. The summed E-state index contributed by atoms with van der Waals surface area (Å²) in [4.78, 5) is 24.5. The summed E-state index contributed by atoms with van der Waals surface area (Å²) in [6, 6.07) is 13.9. The molecule has 0 radical (unpaired) electrons. The third kappa shape index (κ3) is 4.33. The molecule has 0 heterocycles. The van der Waals surface area contributed by atoms with Gasteiger partial charge in [0.05, 0.1) is 17.7 Å². The number of hydrogen-bond donors (Lipinski definition) is 1. The zero-order valence-electron chi connectivity index (χ0n) is 13.0. The van der Waals surface area contributed by atoms with E-state index in [1.54, 1.807) is 25.1 Å². The number of benzene rings is 2. The molecule has 5 heteroatoms. The molecule has 1 amide bonds. The maximum atomic E-state index is 12.5. The molecule has 0 unspecified atom stereocenters. The zero-order chi connectivity index (χ0) is 16.8. The number of carbonyl (C=O) groups excluding carboxylic acids is 2. The van der Waals surface area contributed by atoms with E-state index in [2.05, 4.69) is 5.32 Å². The summed E-state index contributed by atoms with van der Waals surface area (Å²) in [5.41, 5.74) is 2.05. The number of carbonyl (C=O) groups is 2. The maximum Gasteiger partial charge on any atom is 0.328 e. The van der Waals surface area contributed by atoms with Crippen molar-refractivity contribution in [1.29, 1.82) is 0 Å². The SMILES string of the molecule is COC(=O)[C@H](Cc1ccccc1)NC(=O)c1c(C)cccc1Cl. The van der Waals surface area contributed by atoms with Crippen LogP contribution in [0.25, 0.3) is 0 Å². The van der Waals surface area contributed by atoms with Gasteiger partial charge in [0, 0.05) is 6.42 Å². The fourth-order valence-corrected chi connectivity index (χ4v) is 2.64. The number of aryl methyl sites for hydroxylation is 1. The Morgan fingerprint density at radius 1 is 1.13 bits per heavy atom. The minimum atomic E-state index is -0.773. The Morgan fingerprint density at radius 2 is 1.83 bits per heavy atom. The minimum Gasteiger partial charge on any atom is -0.467 e. The summed E-state index contributed by atoms with van der Waals surface area (Å²) in [5.74, 6) is -0.883. The molecule has 4 nitrogen and oxygen atoms in total. The fraction of sp³-hybridized carbons (Fsp3) is 0.222. The number of nitrogens with one attached hydrogen (secondary N) is 1. The van der Waals surface area contributed by atoms with Crippen molar-refractivity contribution in [3.8, 4) is 0 Å². The van der Waals surface area contributed by atoms with Crippen molar-refractivity contribution in [2.45, 2.75) is 19.4 Å². The molecule has 1 N–H and O–H groups in total. The number of rotatable bonds is 5. The lowest BCUT2D eigenvalue weighted by Crippen LogP contribution is -2.43. The average Bonchev–Trinajstić information content (AvgIpc) is 2.54. The molecule has 0 aliphatic heterocycles. The molecule has 120 valence electrons. The summed E-state index contributed by atoms with van der Waals surface area (Å²) >= 11 is 6.10. The van der Waals surface area contributed by atoms with Gasteiger partial charge in [0.1, 0.15) is 6.04 Å². The predicted octanol–water partition coefficient (Wildman–Crippen LogP) is 3.16. The molecular weight excluding hydrogens is 314 g/mol. The Hall–Kier alpha value is -2.33. The molecule has 0 bridgehead atoms. The van der Waals surface area contributed by atoms with E-state index in [-0.39, 0.29) is 5.91 Å². The van der Waals surface area contributed by atoms with Crippen molar-refractivity contribution in [3.05, 3.63) is 70.2 Å². The van der Waals surface area contributed by atoms with Gasteiger partial charge in [-0.1, -0.05) is 54.1 Å². The van der Waals surface area contributed by atoms with Crippen molar-refractivity contribution in [1.82, 2.24) is 5.32 Å². The molecule has 0 spiro atoms. The van der Waals surface area contributed by atoms with Crippen LogP contribution in [0, 0.1) is 6.92 Å². The van der Waals surface area contributed by atoms with Crippen molar-refractivity contribution < 1.29 is 14.3 Å². The van der Waals surface area contributed by atoms with Gasteiger partial charge in [0.25, 0.3) is 5.91 Å². The summed E-state index contributed by atoms with van der Waals surface area (Å²) in [5, 5.41) is 3.07. The lowest BCUT2D eigenvalue weighted by Gasteiger charge is -2.18. The Morgan fingerprint density at radius 3 is 2.43 bits per heavy atom. The molecule has 2 aromatic rings. The Balaban J connectivity index is 2.21. The van der Waals surface area contributed by atoms with Gasteiger partial charge in [-0.05, 0) is 24.1 Å². The molecule has 2 aromatic carbocycles. The molecule has 0 aromatic heterocycles. The molecule has 0 saturated carbocycles. The van der Waals surface area contributed by atoms with Gasteiger partial charge in [0.2, 0.25) is 0 Å². The summed E-state index contributed by atoms with van der Waals surface area (Å²) < 4.78 is 4.80. The molecule has 23 heavy (non-hydrogen) atoms. The first-order chi connectivity index (χ1) is 11.0. The van der Waals surface area contributed by atoms with Crippen LogP contribution in [-0.2, 0) is 16.0 Å². The quantitative estimate of drug-likeness (QED) is 0.856. The highest BCUT2D eigenvalue weighted by molar-refractivity contribution is 6.34. The fourth-order valence-electron chi connectivity index (χ4n) is 2.34. The molecular formula is C18H18ClNO3. The van der Waals surface area contributed by atoms with Gasteiger partial charge in [-0.15, -0.1) is 0 Å². The molecule has 0 saturated heterocycles. The summed E-state index contributed by atoms with van der Waals surface area (Å²) in [6.45, 7) is 1.80. The van der Waals surface area contributed by atoms with Crippen molar-refractivity contribution in [2.75, 3.05) is 7.11 Å². The van der Waals surface area contributed by atoms with E-state index in [1.807, 2.05) is 30.3 Å². The molecule has 0 aliphatic carbocycles. The van der Waals surface area contributed by atoms with Gasteiger partial charge in [-0.2, -0.15) is 0 Å². The summed E-state index contributed by atoms with van der Waals surface area (Å²) in [6.07, 6.45) is 0.350. The van der Waals surface area contributed by atoms with Crippen LogP contribution in [0.1, 0.15) is 21.5 Å². The zero-order valence-corrected chi connectivity index (χ0v) is 13.8. The van der Waals surface area contributed by atoms with E-state index in [0.717, 1.165) is 11.1 Å². The van der Waals surface area contributed by atoms with Crippen molar-refractivity contribution in [3.63, 3.8) is 0 Å². The van der Waals surface area contributed by atoms with E-state index in [4.69, 9.17) is 16.3 Å². The first kappa shape index (κ1) is 17.0. The third-order valence-electron chi connectivity index (χ3n) is 3.52. The van der Waals surface area contributed by atoms with E-state index < -0.39 is 12.0 Å². The van der Waals surface area contributed by atoms with Crippen molar-refractivity contribution in [2.24, 2.45) is 0 Å². The maximum absolute atomic E-state index is 12.5. The van der Waals surface area contributed by atoms with Crippen LogP contribution in [0.15, 0.2) is 48.5 Å². The standard InChI is InChI=1S/C18H18ClNO3/c1-12-7-6-10-14(19)16(12)17(21)20-15(18(22)23-2)11-13-8-4-3-5-9-13/h3-10,15H,11H2,1-2H3,(H,20,21)/t15-/m0/s1. The van der Waals surface area contributed by atoms with E-state index in [9.17, 15) is 9.59 Å². The smallest absolute Gasteiger partial charge is 0.328 e. The van der Waals surface area contributed by atoms with E-state index in [1.165, 1.54) is 7.11 Å². The Bertz CT molecular complexity index is 680. The second-order valence-electron chi connectivity index (χ2n) is 5.17. The second-order valence-corrected chi connectivity index (χ2v) is 5.58. The number of hydrogen-bond acceptors (Lipinski definition) is 3. The number of esters is 1. The number of halogens is 1. The van der Waals surface area contributed by atoms with Gasteiger partial charge >= 0.3 is 5.97 Å². The lowest BCUT2D eigenvalue weighted by molar-refractivity contribution is -0.142. The lowest BCUT2D eigenvalue weighted by atomic mass is 10.0. The van der Waals surface area contributed by atoms with Gasteiger partial charge in [0.15, 0.2) is 0 Å². The number of amides is 1. The van der Waals surface area contributed by atoms with Crippen LogP contribution < -0.4 is 5.32 Å². The average molecular weight is 332 g/mol. The van der Waals surface area contributed by atoms with Gasteiger partial charge in [-0.25, -0.2) is 4.79 Å². The normalized spacial score (nSPS) is 11.6. The highest BCUT2D eigenvalue weighted by Crippen LogP contribution is 2.19. The van der Waals surface area contributed by atoms with Gasteiger partial charge < -0.3 is 10.1 Å². The highest BCUT2D eigenvalue weighted by Gasteiger charge is 2.24. The monoisotopic (exact) mass is 331 g/mol. The molecule has 0 fully saturated rings. The van der Waals surface area contributed by atoms with Crippen LogP contribution in [-0.4, -0.2) is 25.0 Å². The van der Waals surface area contributed by atoms with E-state index in [0.29, 0.717) is 17.0 Å². The number of methoxy groups -OCH3 is 1. The summed E-state index contributed by atoms with van der Waals surface area (Å²) in [7, 11) is 1.30. The molecule has 1 atom stereocenters. The van der Waals surface area contributed by atoms with Crippen molar-refractivity contribution >= 4 is 23.5 Å². The van der Waals surface area contributed by atoms with Crippen LogP contribution in [0.4, 0.5) is 0 Å². The molecule has 2 rings (SSSR count). The Labute approximate surface area is 140 Å². The Kier molecular flexibility index (Phi) is 5.77. The third-order valence-corrected chi connectivity index (χ3v) is 3.84. The first-order valence-electron chi connectivity index (χ1n) is 7.20. The van der Waals surface area contributed by atoms with Gasteiger partial charge in [-0.3, -0.25) is 4.79 Å². The van der Waals surface area contributed by atoms with Crippen LogP contribution >= 0.6 is 11.6 Å². The van der Waals surface area contributed by atoms with Crippen LogP contribution in [0.2, 0.25) is 5.02 Å². The van der Waals surface area contributed by atoms with E-state index >= 15 is 0 Å². The second kappa shape index (κ2) is 7.79. The topological polar surface area (TPSA) is 55.4 Å². The van der Waals surface area contributed by atoms with Crippen LogP contribution in [0.5, 0.6) is 0 Å². The minimum absolute atomic E-state index is 0.350. The predicted molar refractivity (Wildman–Crippen MR) is 89.6 cm³/mol. The van der Waals surface area contributed by atoms with Crippen LogP contribution in [0.3, 0.4) is 0 Å². The number of ether oxygens (including phenoxy) is 1.